The van der Waals surface area contributed by atoms with Crippen LogP contribution < -0.4 is 27.4 Å². The molecule has 2 fully saturated rings. The first kappa shape index (κ1) is 24.9. The highest BCUT2D eigenvalue weighted by Gasteiger charge is 2.21. The molecule has 3 aromatic rings. The van der Waals surface area contributed by atoms with Crippen LogP contribution in [0.4, 0.5) is 17.5 Å². The molecule has 2 aromatic heterocycles. The van der Waals surface area contributed by atoms with Crippen molar-refractivity contribution in [1.82, 2.24) is 25.1 Å². The summed E-state index contributed by atoms with van der Waals surface area (Å²) in [4.78, 5) is 26.8. The summed E-state index contributed by atoms with van der Waals surface area (Å²) < 4.78 is 0. The van der Waals surface area contributed by atoms with E-state index in [4.69, 9.17) is 16.6 Å². The van der Waals surface area contributed by atoms with Gasteiger partial charge in [-0.2, -0.15) is 15.2 Å². The van der Waals surface area contributed by atoms with Crippen molar-refractivity contribution in [3.63, 3.8) is 0 Å². The van der Waals surface area contributed by atoms with Gasteiger partial charge in [-0.15, -0.1) is 0 Å². The molecule has 11 heteroatoms. The monoisotopic (exact) mass is 504 g/mol. The number of benzene rings is 1. The molecule has 0 unspecified atom stereocenters. The molecule has 2 aliphatic rings. The van der Waals surface area contributed by atoms with Crippen LogP contribution in [0.3, 0.4) is 0 Å². The zero-order chi connectivity index (χ0) is 25.6. The molecular formula is C26H36N10O. The fourth-order valence-electron chi connectivity index (χ4n) is 5.28. The number of nitrogens with zero attached hydrogens (tertiary/aromatic N) is 6. The Morgan fingerprint density at radius 1 is 1.05 bits per heavy atom. The van der Waals surface area contributed by atoms with E-state index in [-0.39, 0.29) is 5.56 Å². The van der Waals surface area contributed by atoms with Gasteiger partial charge in [-0.1, -0.05) is 25.0 Å². The molecule has 4 heterocycles. The molecule has 1 aromatic carbocycles. The molecular weight excluding hydrogens is 468 g/mol. The molecule has 11 nitrogen and oxygen atoms in total. The molecule has 0 atom stereocenters. The third kappa shape index (κ3) is 6.16. The molecule has 2 saturated heterocycles. The van der Waals surface area contributed by atoms with Crippen LogP contribution in [0.15, 0.2) is 40.4 Å². The largest absolute Gasteiger partial charge is 0.386 e. The number of hydrazone groups is 1. The van der Waals surface area contributed by atoms with E-state index in [1.54, 1.807) is 6.20 Å². The predicted molar refractivity (Wildman–Crippen MR) is 147 cm³/mol. The van der Waals surface area contributed by atoms with E-state index in [2.05, 4.69) is 47.5 Å². The van der Waals surface area contributed by atoms with Gasteiger partial charge in [-0.3, -0.25) is 9.69 Å². The molecule has 196 valence electrons. The number of aromatic amines is 1. The molecule has 37 heavy (non-hydrogen) atoms. The van der Waals surface area contributed by atoms with Crippen molar-refractivity contribution in [3.05, 3.63) is 46.4 Å². The van der Waals surface area contributed by atoms with Gasteiger partial charge in [0.05, 0.1) is 6.20 Å². The molecule has 0 saturated carbocycles. The van der Waals surface area contributed by atoms with Gasteiger partial charge in [0.2, 0.25) is 5.95 Å². The van der Waals surface area contributed by atoms with E-state index in [9.17, 15) is 4.79 Å². The van der Waals surface area contributed by atoms with E-state index in [1.807, 2.05) is 12.1 Å². The van der Waals surface area contributed by atoms with Gasteiger partial charge in [-0.05, 0) is 62.4 Å². The summed E-state index contributed by atoms with van der Waals surface area (Å²) in [6.45, 7) is 4.80. The lowest BCUT2D eigenvalue weighted by molar-refractivity contribution is 0.180. The summed E-state index contributed by atoms with van der Waals surface area (Å²) >= 11 is 0. The van der Waals surface area contributed by atoms with Crippen molar-refractivity contribution in [2.45, 2.75) is 51.5 Å². The summed E-state index contributed by atoms with van der Waals surface area (Å²) in [7, 11) is 0. The fraction of sp³-hybridized carbons (Fsp3) is 0.500. The van der Waals surface area contributed by atoms with Crippen molar-refractivity contribution in [1.29, 1.82) is 0 Å². The first-order chi connectivity index (χ1) is 18.1. The first-order valence-electron chi connectivity index (χ1n) is 13.2. The Balaban J connectivity index is 1.28. The van der Waals surface area contributed by atoms with Crippen LogP contribution in [0.1, 0.15) is 50.5 Å². The quantitative estimate of drug-likeness (QED) is 0.164. The normalized spacial score (nSPS) is 18.2. The number of aromatic nitrogens is 4. The van der Waals surface area contributed by atoms with Crippen LogP contribution in [-0.4, -0.2) is 57.1 Å². The fourth-order valence-corrected chi connectivity index (χ4v) is 5.28. The van der Waals surface area contributed by atoms with E-state index >= 15 is 0 Å². The second-order valence-corrected chi connectivity index (χ2v) is 10.1. The van der Waals surface area contributed by atoms with Crippen LogP contribution in [0, 0.1) is 5.92 Å². The molecule has 6 N–H and O–H groups in total. The van der Waals surface area contributed by atoms with E-state index in [0.717, 1.165) is 70.5 Å². The van der Waals surface area contributed by atoms with E-state index in [0.29, 0.717) is 34.4 Å². The minimum atomic E-state index is -0.304. The number of H-pyrrole nitrogens is 1. The molecule has 0 spiro atoms. The number of hydrogen-bond donors (Lipinski definition) is 4. The third-order valence-corrected chi connectivity index (χ3v) is 7.39. The molecule has 0 bridgehead atoms. The molecule has 0 aliphatic carbocycles. The average Bonchev–Trinajstić information content (AvgIpc) is 3.20. The number of piperidine rings is 1. The predicted octanol–water partition coefficient (Wildman–Crippen LogP) is 2.67. The highest BCUT2D eigenvalue weighted by Crippen LogP contribution is 2.26. The van der Waals surface area contributed by atoms with Crippen LogP contribution in [0.25, 0.3) is 10.9 Å². The topological polar surface area (TPSA) is 154 Å². The number of fused-ring (bicyclic) bond motifs is 1. The second kappa shape index (κ2) is 11.5. The Bertz CT molecular complexity index is 1270. The van der Waals surface area contributed by atoms with Crippen molar-refractivity contribution in [2.75, 3.05) is 36.4 Å². The van der Waals surface area contributed by atoms with Crippen LogP contribution in [0.5, 0.6) is 0 Å². The number of hydrogen-bond acceptors (Lipinski definition) is 9. The minimum Gasteiger partial charge on any atom is -0.386 e. The van der Waals surface area contributed by atoms with Crippen LogP contribution in [-0.2, 0) is 6.54 Å². The lowest BCUT2D eigenvalue weighted by Crippen LogP contribution is -2.34. The molecule has 2 aliphatic heterocycles. The van der Waals surface area contributed by atoms with Crippen molar-refractivity contribution < 1.29 is 0 Å². The summed E-state index contributed by atoms with van der Waals surface area (Å²) in [5.74, 6) is 7.51. The van der Waals surface area contributed by atoms with Crippen molar-refractivity contribution in [3.8, 4) is 0 Å². The zero-order valence-corrected chi connectivity index (χ0v) is 21.2. The van der Waals surface area contributed by atoms with Gasteiger partial charge in [0.1, 0.15) is 22.6 Å². The number of anilines is 3. The third-order valence-electron chi connectivity index (χ3n) is 7.39. The molecule has 5 rings (SSSR count). The zero-order valence-electron chi connectivity index (χ0n) is 21.2. The van der Waals surface area contributed by atoms with Crippen molar-refractivity contribution >= 4 is 34.2 Å². The Hall–Kier alpha value is -3.73. The highest BCUT2D eigenvalue weighted by atomic mass is 16.1. The average molecular weight is 505 g/mol. The van der Waals surface area contributed by atoms with Gasteiger partial charge in [0.15, 0.2) is 0 Å². The number of nitrogens with two attached hydrogens (primary N) is 2. The van der Waals surface area contributed by atoms with Crippen LogP contribution >= 0.6 is 0 Å². The maximum atomic E-state index is 12.6. The summed E-state index contributed by atoms with van der Waals surface area (Å²) in [6.07, 6.45) is 9.24. The first-order valence-corrected chi connectivity index (χ1v) is 13.2. The minimum absolute atomic E-state index is 0.304. The van der Waals surface area contributed by atoms with E-state index in [1.165, 1.54) is 18.4 Å². The van der Waals surface area contributed by atoms with Crippen LogP contribution in [0.2, 0.25) is 0 Å². The summed E-state index contributed by atoms with van der Waals surface area (Å²) in [5, 5.41) is 13.9. The van der Waals surface area contributed by atoms with Gasteiger partial charge < -0.3 is 21.8 Å². The van der Waals surface area contributed by atoms with Gasteiger partial charge in [0.25, 0.3) is 5.56 Å². The lowest BCUT2D eigenvalue weighted by Gasteiger charge is -2.31. The highest BCUT2D eigenvalue weighted by molar-refractivity contribution is 5.90. The van der Waals surface area contributed by atoms with Gasteiger partial charge in [-0.25, -0.2) is 10.1 Å². The Labute approximate surface area is 216 Å². The summed E-state index contributed by atoms with van der Waals surface area (Å²) in [6, 6.07) is 8.32. The SMILES string of the molecule is N/N=C(\N)CC1CCN(Cc2ccc(Nc3nc(N4CCCCCC4)nc4cn[nH]c(=O)c34)cc2)CC1. The Morgan fingerprint density at radius 2 is 1.78 bits per heavy atom. The molecule has 0 amide bonds. The number of amidine groups is 1. The Morgan fingerprint density at radius 3 is 2.49 bits per heavy atom. The second-order valence-electron chi connectivity index (χ2n) is 10.1. The smallest absolute Gasteiger partial charge is 0.277 e. The molecule has 0 radical (unpaired) electrons. The van der Waals surface area contributed by atoms with Crippen molar-refractivity contribution in [2.24, 2.45) is 22.6 Å². The maximum Gasteiger partial charge on any atom is 0.277 e. The van der Waals surface area contributed by atoms with Gasteiger partial charge in [0, 0.05) is 31.7 Å². The maximum absolute atomic E-state index is 12.6. The standard InChI is InChI=1S/C26H36N10O/c27-22(33-28)15-18-9-13-35(14-10-18)17-19-5-7-20(8-6-19)30-24-23-21(16-29-34-25(23)37)31-26(32-24)36-11-3-1-2-4-12-36/h5-8,16,18H,1-4,9-15,17,28H2,(H2,27,33)(H,34,37)(H,30,31,32). The lowest BCUT2D eigenvalue weighted by atomic mass is 9.93. The van der Waals surface area contributed by atoms with E-state index < -0.39 is 0 Å². The number of rotatable bonds is 7. The van der Waals surface area contributed by atoms with Gasteiger partial charge >= 0.3 is 0 Å². The summed E-state index contributed by atoms with van der Waals surface area (Å²) in [5.41, 5.74) is 8.15. The Kier molecular flexibility index (Phi) is 7.79. The number of likely N-dealkylation sites (tertiary alicyclic amines) is 1. The number of nitrogens with one attached hydrogen (secondary N) is 2.